The molecule has 6 bridgehead atoms. The van der Waals surface area contributed by atoms with Crippen LogP contribution in [0.4, 0.5) is 0 Å². The van der Waals surface area contributed by atoms with Crippen LogP contribution in [-0.4, -0.2) is 34.7 Å². The third kappa shape index (κ3) is 0.841. The maximum absolute atomic E-state index is 10.9. The highest BCUT2D eigenvalue weighted by Gasteiger charge is 2.78. The minimum absolute atomic E-state index is 0.0176. The van der Waals surface area contributed by atoms with E-state index < -0.39 is 0 Å². The van der Waals surface area contributed by atoms with Gasteiger partial charge in [0.25, 0.3) is 0 Å². The van der Waals surface area contributed by atoms with Gasteiger partial charge in [0.15, 0.2) is 0 Å². The predicted octanol–water partition coefficient (Wildman–Crippen LogP) is 2.27. The molecule has 0 amide bonds. The molecular weight excluding hydrogens is 222 g/mol. The second-order valence-corrected chi connectivity index (χ2v) is 8.11. The molecule has 5 fully saturated rings. The molecule has 2 heteroatoms. The molecular formula is C16H25NO. The summed E-state index contributed by atoms with van der Waals surface area (Å²) in [6, 6.07) is 0. The second-order valence-electron chi connectivity index (χ2n) is 8.11. The van der Waals surface area contributed by atoms with Gasteiger partial charge < -0.3 is 5.11 Å². The highest BCUT2D eigenvalue weighted by Crippen LogP contribution is 2.75. The molecule has 2 saturated heterocycles. The largest absolute Gasteiger partial charge is 0.392 e. The minimum atomic E-state index is 0.0176. The van der Waals surface area contributed by atoms with E-state index in [1.807, 2.05) is 0 Å². The van der Waals surface area contributed by atoms with E-state index in [9.17, 15) is 5.11 Å². The average Bonchev–Trinajstić information content (AvgIpc) is 2.59. The van der Waals surface area contributed by atoms with Crippen LogP contribution in [0.25, 0.3) is 0 Å². The lowest BCUT2D eigenvalue weighted by Crippen LogP contribution is -2.69. The molecule has 3 aliphatic carbocycles. The molecule has 2 aliphatic heterocycles. The summed E-state index contributed by atoms with van der Waals surface area (Å²) in [6.45, 7) is 5.10. The van der Waals surface area contributed by atoms with Gasteiger partial charge >= 0.3 is 0 Å². The van der Waals surface area contributed by atoms with Gasteiger partial charge in [-0.1, -0.05) is 6.92 Å². The van der Waals surface area contributed by atoms with E-state index in [1.165, 1.54) is 45.2 Å². The van der Waals surface area contributed by atoms with Crippen LogP contribution in [0.3, 0.4) is 0 Å². The van der Waals surface area contributed by atoms with Gasteiger partial charge in [0, 0.05) is 17.5 Å². The fourth-order valence-electron chi connectivity index (χ4n) is 7.71. The molecule has 5 rings (SSSR count). The molecule has 3 saturated carbocycles. The summed E-state index contributed by atoms with van der Waals surface area (Å²) in [7, 11) is 0. The van der Waals surface area contributed by atoms with Crippen molar-refractivity contribution in [1.82, 2.24) is 4.90 Å². The van der Waals surface area contributed by atoms with Gasteiger partial charge in [-0.05, 0) is 68.7 Å². The van der Waals surface area contributed by atoms with Crippen molar-refractivity contribution in [2.45, 2.75) is 57.1 Å². The molecule has 18 heavy (non-hydrogen) atoms. The predicted molar refractivity (Wildman–Crippen MR) is 70.1 cm³/mol. The molecule has 1 N–H and O–H groups in total. The van der Waals surface area contributed by atoms with Gasteiger partial charge in [-0.25, -0.2) is 0 Å². The maximum atomic E-state index is 10.9. The number of rotatable bonds is 0. The molecule has 5 aliphatic rings. The van der Waals surface area contributed by atoms with Crippen molar-refractivity contribution in [3.63, 3.8) is 0 Å². The van der Waals surface area contributed by atoms with E-state index in [0.717, 1.165) is 30.1 Å². The normalized spacial score (nSPS) is 68.3. The van der Waals surface area contributed by atoms with Crippen LogP contribution in [0.2, 0.25) is 0 Å². The van der Waals surface area contributed by atoms with Crippen LogP contribution in [0.15, 0.2) is 0 Å². The standard InChI is InChI=1S/C16H25NO/c1-10-5-11-6-14(18)15-3-2-4-17-9-12(15)7-13(11)16(15,17)8-10/h10-14,18H,2-9H2,1H3/t10-,11+,12-,13-,14+,15+,16-/m1/s1. The van der Waals surface area contributed by atoms with E-state index in [2.05, 4.69) is 11.8 Å². The van der Waals surface area contributed by atoms with Gasteiger partial charge in [-0.15, -0.1) is 0 Å². The van der Waals surface area contributed by atoms with E-state index in [4.69, 9.17) is 0 Å². The summed E-state index contributed by atoms with van der Waals surface area (Å²) >= 11 is 0. The zero-order valence-corrected chi connectivity index (χ0v) is 11.4. The van der Waals surface area contributed by atoms with Crippen molar-refractivity contribution in [2.75, 3.05) is 13.1 Å². The minimum Gasteiger partial charge on any atom is -0.392 e. The average molecular weight is 247 g/mol. The molecule has 0 aromatic rings. The molecule has 2 nitrogen and oxygen atoms in total. The molecule has 100 valence electrons. The lowest BCUT2D eigenvalue weighted by Gasteiger charge is -2.64. The first-order chi connectivity index (χ1) is 8.68. The molecule has 0 aromatic heterocycles. The van der Waals surface area contributed by atoms with E-state index in [-0.39, 0.29) is 6.10 Å². The van der Waals surface area contributed by atoms with Gasteiger partial charge in [0.1, 0.15) is 0 Å². The van der Waals surface area contributed by atoms with Crippen molar-refractivity contribution in [3.05, 3.63) is 0 Å². The number of hydrogen-bond acceptors (Lipinski definition) is 2. The first-order valence-electron chi connectivity index (χ1n) is 8.11. The number of nitrogens with zero attached hydrogens (tertiary/aromatic N) is 1. The number of aliphatic hydroxyl groups is 1. The topological polar surface area (TPSA) is 23.5 Å². The summed E-state index contributed by atoms with van der Waals surface area (Å²) in [5.41, 5.74) is 0.761. The Morgan fingerprint density at radius 2 is 2.11 bits per heavy atom. The van der Waals surface area contributed by atoms with Crippen LogP contribution < -0.4 is 0 Å². The molecule has 2 heterocycles. The van der Waals surface area contributed by atoms with Crippen LogP contribution in [0.1, 0.15) is 45.4 Å². The lowest BCUT2D eigenvalue weighted by atomic mass is 9.48. The summed E-state index contributed by atoms with van der Waals surface area (Å²) in [6.07, 6.45) is 8.03. The molecule has 1 spiro atoms. The smallest absolute Gasteiger partial charge is 0.0620 e. The third-order valence-electron chi connectivity index (χ3n) is 7.76. The van der Waals surface area contributed by atoms with Gasteiger partial charge in [-0.2, -0.15) is 0 Å². The van der Waals surface area contributed by atoms with Crippen molar-refractivity contribution in [2.24, 2.45) is 29.1 Å². The fourth-order valence-corrected chi connectivity index (χ4v) is 7.71. The van der Waals surface area contributed by atoms with Crippen LogP contribution in [0, 0.1) is 29.1 Å². The summed E-state index contributed by atoms with van der Waals surface area (Å²) < 4.78 is 0. The summed E-state index contributed by atoms with van der Waals surface area (Å²) in [5, 5.41) is 10.9. The Kier molecular flexibility index (Phi) is 1.77. The lowest BCUT2D eigenvalue weighted by molar-refractivity contribution is -0.175. The molecule has 1 unspecified atom stereocenters. The van der Waals surface area contributed by atoms with Crippen molar-refractivity contribution < 1.29 is 5.11 Å². The monoisotopic (exact) mass is 247 g/mol. The number of aliphatic hydroxyl groups excluding tert-OH is 1. The Morgan fingerprint density at radius 3 is 3.00 bits per heavy atom. The Morgan fingerprint density at radius 1 is 1.22 bits per heavy atom. The Balaban J connectivity index is 1.75. The summed E-state index contributed by atoms with van der Waals surface area (Å²) in [5.74, 6) is 3.49. The SMILES string of the molecule is C[C@@H]1C[C@H]2C[C@H](O)[C@]34CCCN5C[C@H]3C[C@H]2[C@@]54C1. The van der Waals surface area contributed by atoms with Crippen molar-refractivity contribution >= 4 is 0 Å². The number of piperidine rings is 2. The molecule has 8 atom stereocenters. The van der Waals surface area contributed by atoms with Crippen molar-refractivity contribution in [1.29, 1.82) is 0 Å². The maximum Gasteiger partial charge on any atom is 0.0620 e. The van der Waals surface area contributed by atoms with Crippen LogP contribution in [0.5, 0.6) is 0 Å². The summed E-state index contributed by atoms with van der Waals surface area (Å²) in [4.78, 5) is 2.85. The zero-order valence-electron chi connectivity index (χ0n) is 11.4. The van der Waals surface area contributed by atoms with Crippen LogP contribution >= 0.6 is 0 Å². The molecule has 0 aromatic carbocycles. The molecule has 0 radical (unpaired) electrons. The van der Waals surface area contributed by atoms with E-state index >= 15 is 0 Å². The fraction of sp³-hybridized carbons (Fsp3) is 1.00. The first-order valence-corrected chi connectivity index (χ1v) is 8.11. The van der Waals surface area contributed by atoms with Gasteiger partial charge in [-0.3, -0.25) is 4.90 Å². The zero-order chi connectivity index (χ0) is 12.1. The van der Waals surface area contributed by atoms with Gasteiger partial charge in [0.05, 0.1) is 6.10 Å². The second kappa shape index (κ2) is 2.98. The van der Waals surface area contributed by atoms with Gasteiger partial charge in [0.2, 0.25) is 0 Å². The highest BCUT2D eigenvalue weighted by molar-refractivity contribution is 5.30. The first kappa shape index (κ1) is 10.7. The van der Waals surface area contributed by atoms with Crippen molar-refractivity contribution in [3.8, 4) is 0 Å². The Bertz CT molecular complexity index is 410. The van der Waals surface area contributed by atoms with Crippen LogP contribution in [-0.2, 0) is 0 Å². The Labute approximate surface area is 110 Å². The van der Waals surface area contributed by atoms with E-state index in [0.29, 0.717) is 11.0 Å². The quantitative estimate of drug-likeness (QED) is 0.710. The third-order valence-corrected chi connectivity index (χ3v) is 7.76. The Hall–Kier alpha value is -0.0800. The number of hydrogen-bond donors (Lipinski definition) is 1. The van der Waals surface area contributed by atoms with E-state index in [1.54, 1.807) is 0 Å². The highest BCUT2D eigenvalue weighted by atomic mass is 16.3.